The van der Waals surface area contributed by atoms with Crippen LogP contribution in [0.3, 0.4) is 0 Å². The molecule has 13 rings (SSSR count). The van der Waals surface area contributed by atoms with Gasteiger partial charge in [0.05, 0.1) is 11.1 Å². The summed E-state index contributed by atoms with van der Waals surface area (Å²) in [7, 11) is 0. The maximum atomic E-state index is 6.65. The minimum atomic E-state index is -0.538. The van der Waals surface area contributed by atoms with Gasteiger partial charge in [-0.1, -0.05) is 194 Å². The van der Waals surface area contributed by atoms with Crippen molar-refractivity contribution in [3.8, 4) is 22.3 Å². The highest BCUT2D eigenvalue weighted by Crippen LogP contribution is 2.57. The van der Waals surface area contributed by atoms with Crippen molar-refractivity contribution in [1.82, 2.24) is 0 Å². The van der Waals surface area contributed by atoms with Crippen molar-refractivity contribution in [2.75, 3.05) is 4.90 Å². The molecular formula is C61H39NO. The molecule has 0 N–H and O–H groups in total. The van der Waals surface area contributed by atoms with Crippen LogP contribution < -0.4 is 4.90 Å². The molecule has 0 spiro atoms. The Balaban J connectivity index is 1.09. The minimum absolute atomic E-state index is 0.538. The minimum Gasteiger partial charge on any atom is -0.455 e. The van der Waals surface area contributed by atoms with Gasteiger partial charge in [0.25, 0.3) is 0 Å². The highest BCUT2D eigenvalue weighted by Gasteiger charge is 2.46. The molecule has 2 nitrogen and oxygen atoms in total. The number of nitrogens with zero attached hydrogens (tertiary/aromatic N) is 1. The second-order valence-electron chi connectivity index (χ2n) is 16.7. The van der Waals surface area contributed by atoms with Crippen LogP contribution >= 0.6 is 0 Å². The number of anilines is 3. The third-order valence-electron chi connectivity index (χ3n) is 13.5. The molecule has 0 atom stereocenters. The highest BCUT2D eigenvalue weighted by molar-refractivity contribution is 6.20. The predicted molar refractivity (Wildman–Crippen MR) is 264 cm³/mol. The number of hydrogen-bond donors (Lipinski definition) is 0. The molecular weight excluding hydrogens is 763 g/mol. The SMILES string of the molecule is c1ccc(C2(c3ccccc3)c3ccccc3-c3ccc(N(c4ccc(-c5cc6ccccc6c6ccccc56)cc4)c4cc5c6ccccc6oc5c5ccccc45)cc32)cc1. The summed E-state index contributed by atoms with van der Waals surface area (Å²) in [6.45, 7) is 0. The average Bonchev–Trinajstić information content (AvgIpc) is 3.88. The number of fused-ring (bicyclic) bond motifs is 11. The van der Waals surface area contributed by atoms with E-state index >= 15 is 0 Å². The Morgan fingerprint density at radius 2 is 0.905 bits per heavy atom. The summed E-state index contributed by atoms with van der Waals surface area (Å²) in [6, 6.07) is 86.7. The van der Waals surface area contributed by atoms with Gasteiger partial charge in [-0.15, -0.1) is 0 Å². The largest absolute Gasteiger partial charge is 0.455 e. The van der Waals surface area contributed by atoms with Crippen LogP contribution in [0.5, 0.6) is 0 Å². The van der Waals surface area contributed by atoms with E-state index in [0.717, 1.165) is 49.8 Å². The summed E-state index contributed by atoms with van der Waals surface area (Å²) in [5, 5.41) is 9.44. The van der Waals surface area contributed by atoms with Crippen LogP contribution in [-0.2, 0) is 5.41 Å². The number of hydrogen-bond acceptors (Lipinski definition) is 2. The normalized spacial score (nSPS) is 12.9. The van der Waals surface area contributed by atoms with Gasteiger partial charge in [0.15, 0.2) is 0 Å². The van der Waals surface area contributed by atoms with E-state index < -0.39 is 5.41 Å². The topological polar surface area (TPSA) is 16.4 Å². The first-order valence-electron chi connectivity index (χ1n) is 21.8. The van der Waals surface area contributed by atoms with E-state index in [-0.39, 0.29) is 0 Å². The summed E-state index contributed by atoms with van der Waals surface area (Å²) in [6.07, 6.45) is 0. The van der Waals surface area contributed by atoms with Crippen molar-refractivity contribution >= 4 is 71.3 Å². The molecule has 11 aromatic carbocycles. The summed E-state index contributed by atoms with van der Waals surface area (Å²) >= 11 is 0. The molecule has 12 aromatic rings. The van der Waals surface area contributed by atoms with Gasteiger partial charge in [0.1, 0.15) is 11.2 Å². The van der Waals surface area contributed by atoms with E-state index in [0.29, 0.717) is 0 Å². The smallest absolute Gasteiger partial charge is 0.143 e. The van der Waals surface area contributed by atoms with Crippen LogP contribution in [0.1, 0.15) is 22.3 Å². The first-order valence-corrected chi connectivity index (χ1v) is 21.8. The molecule has 294 valence electrons. The highest BCUT2D eigenvalue weighted by atomic mass is 16.3. The van der Waals surface area contributed by atoms with Gasteiger partial charge in [-0.25, -0.2) is 0 Å². The lowest BCUT2D eigenvalue weighted by molar-refractivity contribution is 0.672. The Morgan fingerprint density at radius 1 is 0.333 bits per heavy atom. The van der Waals surface area contributed by atoms with Crippen molar-refractivity contribution in [1.29, 1.82) is 0 Å². The van der Waals surface area contributed by atoms with E-state index in [4.69, 9.17) is 4.42 Å². The zero-order valence-electron chi connectivity index (χ0n) is 34.4. The van der Waals surface area contributed by atoms with E-state index in [9.17, 15) is 0 Å². The van der Waals surface area contributed by atoms with Crippen molar-refractivity contribution in [3.63, 3.8) is 0 Å². The van der Waals surface area contributed by atoms with Crippen LogP contribution in [-0.4, -0.2) is 0 Å². The molecule has 0 saturated carbocycles. The third-order valence-corrected chi connectivity index (χ3v) is 13.5. The molecule has 2 heteroatoms. The fourth-order valence-corrected chi connectivity index (χ4v) is 10.8. The number of rotatable bonds is 6. The Kier molecular flexibility index (Phi) is 7.85. The molecule has 0 aliphatic heterocycles. The fraction of sp³-hybridized carbons (Fsp3) is 0.0164. The van der Waals surface area contributed by atoms with Gasteiger partial charge in [0, 0.05) is 32.9 Å². The first kappa shape index (κ1) is 35.5. The molecule has 0 saturated heterocycles. The maximum absolute atomic E-state index is 6.65. The lowest BCUT2D eigenvalue weighted by atomic mass is 9.67. The summed E-state index contributed by atoms with van der Waals surface area (Å²) in [4.78, 5) is 2.47. The number of para-hydroxylation sites is 1. The van der Waals surface area contributed by atoms with Gasteiger partial charge >= 0.3 is 0 Å². The van der Waals surface area contributed by atoms with E-state index in [1.807, 2.05) is 0 Å². The van der Waals surface area contributed by atoms with Crippen LogP contribution in [0.2, 0.25) is 0 Å². The standard InChI is InChI=1S/C61H39NO/c1-3-18-42(19-4-1)61(43-20-5-2-6-21-43)56-29-15-13-25-49(56)50-36-35-45(38-57(50)61)62(58-39-55-52-27-14-16-30-59(52)63-60(55)53-28-12-11-26-51(53)58)44-33-31-40(32-34-44)54-37-41-17-7-8-22-46(41)47-23-9-10-24-48(47)54/h1-39H. The van der Waals surface area contributed by atoms with E-state index in [1.165, 1.54) is 66.1 Å². The molecule has 1 aromatic heterocycles. The third kappa shape index (κ3) is 5.25. The van der Waals surface area contributed by atoms with Crippen LogP contribution in [0.25, 0.3) is 76.5 Å². The molecule has 0 amide bonds. The molecule has 0 bridgehead atoms. The molecule has 1 heterocycles. The zero-order chi connectivity index (χ0) is 41.5. The fourth-order valence-electron chi connectivity index (χ4n) is 10.8. The number of furan rings is 1. The van der Waals surface area contributed by atoms with Gasteiger partial charge in [-0.2, -0.15) is 0 Å². The van der Waals surface area contributed by atoms with Crippen LogP contribution in [0, 0.1) is 0 Å². The van der Waals surface area contributed by atoms with E-state index in [1.54, 1.807) is 0 Å². The average molecular weight is 802 g/mol. The molecule has 0 radical (unpaired) electrons. The Morgan fingerprint density at radius 3 is 1.67 bits per heavy atom. The van der Waals surface area contributed by atoms with Crippen LogP contribution in [0.4, 0.5) is 17.1 Å². The number of benzene rings is 11. The molecule has 0 fully saturated rings. The summed E-state index contributed by atoms with van der Waals surface area (Å²) in [5.74, 6) is 0. The van der Waals surface area contributed by atoms with E-state index in [2.05, 4.69) is 241 Å². The monoisotopic (exact) mass is 801 g/mol. The lowest BCUT2D eigenvalue weighted by Gasteiger charge is -2.35. The van der Waals surface area contributed by atoms with Gasteiger partial charge in [-0.3, -0.25) is 0 Å². The predicted octanol–water partition coefficient (Wildman–Crippen LogP) is 16.5. The summed E-state index contributed by atoms with van der Waals surface area (Å²) < 4.78 is 6.65. The second-order valence-corrected chi connectivity index (χ2v) is 16.7. The lowest BCUT2D eigenvalue weighted by Crippen LogP contribution is -2.28. The van der Waals surface area contributed by atoms with Gasteiger partial charge in [-0.05, 0) is 109 Å². The van der Waals surface area contributed by atoms with Crippen molar-refractivity contribution in [2.24, 2.45) is 0 Å². The van der Waals surface area contributed by atoms with Crippen molar-refractivity contribution in [2.45, 2.75) is 5.41 Å². The van der Waals surface area contributed by atoms with Crippen molar-refractivity contribution in [3.05, 3.63) is 259 Å². The second kappa shape index (κ2) is 13.9. The maximum Gasteiger partial charge on any atom is 0.143 e. The molecule has 0 unspecified atom stereocenters. The van der Waals surface area contributed by atoms with Crippen molar-refractivity contribution < 1.29 is 4.42 Å². The first-order chi connectivity index (χ1) is 31.3. The van der Waals surface area contributed by atoms with Gasteiger partial charge < -0.3 is 9.32 Å². The Bertz CT molecular complexity index is 3690. The molecule has 1 aliphatic rings. The zero-order valence-corrected chi connectivity index (χ0v) is 34.4. The summed E-state index contributed by atoms with van der Waals surface area (Å²) in [5.41, 5.74) is 14.5. The molecule has 1 aliphatic carbocycles. The van der Waals surface area contributed by atoms with Gasteiger partial charge in [0.2, 0.25) is 0 Å². The Labute approximate surface area is 365 Å². The quantitative estimate of drug-likeness (QED) is 0.156. The Hall–Kier alpha value is -8.20. The molecule has 63 heavy (non-hydrogen) atoms. The van der Waals surface area contributed by atoms with Crippen LogP contribution in [0.15, 0.2) is 241 Å².